The molecule has 0 fully saturated rings. The molecule has 0 radical (unpaired) electrons. The standard InChI is InChI=1S/C10H10BrF4NO/c11-6-1-2-8(12)7(3-6)9(16)4-17-5-10(13,14)15/h1-3,9H,4-5,16H2. The van der Waals surface area contributed by atoms with Crippen LogP contribution in [0.2, 0.25) is 0 Å². The molecule has 1 unspecified atom stereocenters. The lowest BCUT2D eigenvalue weighted by molar-refractivity contribution is -0.174. The minimum absolute atomic E-state index is 0.113. The van der Waals surface area contributed by atoms with Crippen LogP contribution in [0.25, 0.3) is 0 Å². The summed E-state index contributed by atoms with van der Waals surface area (Å²) in [6.45, 7) is -1.79. The van der Waals surface area contributed by atoms with E-state index >= 15 is 0 Å². The van der Waals surface area contributed by atoms with Gasteiger partial charge in [-0.2, -0.15) is 13.2 Å². The van der Waals surface area contributed by atoms with Gasteiger partial charge in [0.2, 0.25) is 0 Å². The van der Waals surface area contributed by atoms with Gasteiger partial charge in [0.05, 0.1) is 12.6 Å². The summed E-state index contributed by atoms with van der Waals surface area (Å²) in [5, 5.41) is 0. The van der Waals surface area contributed by atoms with Crippen molar-refractivity contribution in [1.82, 2.24) is 0 Å². The van der Waals surface area contributed by atoms with Crippen LogP contribution in [-0.2, 0) is 4.74 Å². The minimum atomic E-state index is -4.41. The summed E-state index contributed by atoms with van der Waals surface area (Å²) in [5.41, 5.74) is 5.65. The molecule has 1 atom stereocenters. The Bertz CT molecular complexity index is 383. The third-order valence-electron chi connectivity index (χ3n) is 1.92. The molecule has 0 amide bonds. The maximum Gasteiger partial charge on any atom is 0.411 e. The topological polar surface area (TPSA) is 35.2 Å². The van der Waals surface area contributed by atoms with E-state index in [1.165, 1.54) is 18.2 Å². The number of hydrogen-bond acceptors (Lipinski definition) is 2. The molecule has 0 bridgehead atoms. The molecule has 0 saturated carbocycles. The maximum atomic E-state index is 13.3. The van der Waals surface area contributed by atoms with E-state index in [1.54, 1.807) is 0 Å². The van der Waals surface area contributed by atoms with Gasteiger partial charge in [0.15, 0.2) is 0 Å². The van der Waals surface area contributed by atoms with Crippen LogP contribution in [0.15, 0.2) is 22.7 Å². The molecule has 1 aromatic carbocycles. The van der Waals surface area contributed by atoms with E-state index in [1.807, 2.05) is 0 Å². The van der Waals surface area contributed by atoms with Crippen LogP contribution in [0, 0.1) is 5.82 Å². The summed E-state index contributed by atoms with van der Waals surface area (Å²) in [6.07, 6.45) is -4.41. The largest absolute Gasteiger partial charge is 0.411 e. The number of nitrogens with two attached hydrogens (primary N) is 1. The maximum absolute atomic E-state index is 13.3. The SMILES string of the molecule is NC(COCC(F)(F)F)c1cc(Br)ccc1F. The number of alkyl halides is 3. The van der Waals surface area contributed by atoms with Crippen LogP contribution in [0.5, 0.6) is 0 Å². The smallest absolute Gasteiger partial charge is 0.370 e. The molecule has 0 aliphatic heterocycles. The Morgan fingerprint density at radius 2 is 2.00 bits per heavy atom. The Balaban J connectivity index is 2.58. The molecule has 0 aromatic heterocycles. The molecule has 1 rings (SSSR count). The monoisotopic (exact) mass is 315 g/mol. The van der Waals surface area contributed by atoms with Gasteiger partial charge in [-0.15, -0.1) is 0 Å². The van der Waals surface area contributed by atoms with Crippen LogP contribution in [0.3, 0.4) is 0 Å². The van der Waals surface area contributed by atoms with Gasteiger partial charge >= 0.3 is 6.18 Å². The van der Waals surface area contributed by atoms with E-state index in [2.05, 4.69) is 20.7 Å². The van der Waals surface area contributed by atoms with Crippen molar-refractivity contribution in [3.63, 3.8) is 0 Å². The summed E-state index contributed by atoms with van der Waals surface area (Å²) in [4.78, 5) is 0. The average Bonchev–Trinajstić information content (AvgIpc) is 2.19. The fraction of sp³-hybridized carbons (Fsp3) is 0.400. The lowest BCUT2D eigenvalue weighted by atomic mass is 10.1. The zero-order valence-corrected chi connectivity index (χ0v) is 10.2. The lowest BCUT2D eigenvalue weighted by Gasteiger charge is -2.14. The number of ether oxygens (including phenoxy) is 1. The molecule has 2 nitrogen and oxygen atoms in total. The lowest BCUT2D eigenvalue weighted by Crippen LogP contribution is -2.23. The number of hydrogen-bond donors (Lipinski definition) is 1. The Morgan fingerprint density at radius 1 is 1.35 bits per heavy atom. The Kier molecular flexibility index (Phi) is 4.91. The molecule has 1 aromatic rings. The summed E-state index contributed by atoms with van der Waals surface area (Å²) in [6, 6.07) is 3.14. The first-order valence-electron chi connectivity index (χ1n) is 4.64. The normalized spacial score (nSPS) is 13.8. The highest BCUT2D eigenvalue weighted by Crippen LogP contribution is 2.21. The average molecular weight is 316 g/mol. The first-order valence-corrected chi connectivity index (χ1v) is 5.44. The number of rotatable bonds is 4. The fourth-order valence-electron chi connectivity index (χ4n) is 1.19. The van der Waals surface area contributed by atoms with Gasteiger partial charge in [0.1, 0.15) is 12.4 Å². The van der Waals surface area contributed by atoms with E-state index in [-0.39, 0.29) is 5.56 Å². The van der Waals surface area contributed by atoms with E-state index < -0.39 is 31.2 Å². The minimum Gasteiger partial charge on any atom is -0.370 e. The quantitative estimate of drug-likeness (QED) is 0.866. The number of halogens is 5. The molecule has 96 valence electrons. The molecule has 0 aliphatic rings. The number of benzene rings is 1. The third-order valence-corrected chi connectivity index (χ3v) is 2.41. The second-order valence-corrected chi connectivity index (χ2v) is 4.32. The third kappa shape index (κ3) is 5.01. The summed E-state index contributed by atoms with van der Waals surface area (Å²) < 4.78 is 53.7. The van der Waals surface area contributed by atoms with Crippen molar-refractivity contribution in [2.24, 2.45) is 5.73 Å². The van der Waals surface area contributed by atoms with Crippen molar-refractivity contribution in [1.29, 1.82) is 0 Å². The predicted molar refractivity (Wildman–Crippen MR) is 57.9 cm³/mol. The van der Waals surface area contributed by atoms with E-state index in [4.69, 9.17) is 5.73 Å². The molecule has 0 aliphatic carbocycles. The second-order valence-electron chi connectivity index (χ2n) is 3.40. The molecule has 0 saturated heterocycles. The Labute approximate surface area is 104 Å². The highest BCUT2D eigenvalue weighted by Gasteiger charge is 2.28. The van der Waals surface area contributed by atoms with Crippen molar-refractivity contribution >= 4 is 15.9 Å². The van der Waals surface area contributed by atoms with Crippen molar-refractivity contribution in [2.45, 2.75) is 12.2 Å². The molecule has 7 heteroatoms. The zero-order chi connectivity index (χ0) is 13.1. The van der Waals surface area contributed by atoms with Crippen LogP contribution < -0.4 is 5.73 Å². The summed E-state index contributed by atoms with van der Waals surface area (Å²) >= 11 is 3.12. The summed E-state index contributed by atoms with van der Waals surface area (Å²) in [5.74, 6) is -0.573. The van der Waals surface area contributed by atoms with Gasteiger partial charge in [-0.1, -0.05) is 15.9 Å². The van der Waals surface area contributed by atoms with Crippen LogP contribution in [0.1, 0.15) is 11.6 Å². The van der Waals surface area contributed by atoms with Crippen LogP contribution in [-0.4, -0.2) is 19.4 Å². The summed E-state index contributed by atoms with van der Waals surface area (Å²) in [7, 11) is 0. The zero-order valence-electron chi connectivity index (χ0n) is 8.60. The molecule has 2 N–H and O–H groups in total. The molecule has 0 spiro atoms. The highest BCUT2D eigenvalue weighted by molar-refractivity contribution is 9.10. The molecule has 17 heavy (non-hydrogen) atoms. The van der Waals surface area contributed by atoms with E-state index in [9.17, 15) is 17.6 Å². The molecule has 0 heterocycles. The second kappa shape index (κ2) is 5.79. The van der Waals surface area contributed by atoms with Crippen molar-refractivity contribution in [2.75, 3.05) is 13.2 Å². The fourth-order valence-corrected chi connectivity index (χ4v) is 1.57. The van der Waals surface area contributed by atoms with Crippen LogP contribution in [0.4, 0.5) is 17.6 Å². The van der Waals surface area contributed by atoms with Gasteiger partial charge in [-0.05, 0) is 18.2 Å². The van der Waals surface area contributed by atoms with Gasteiger partial charge in [0.25, 0.3) is 0 Å². The Morgan fingerprint density at radius 3 is 2.59 bits per heavy atom. The van der Waals surface area contributed by atoms with Gasteiger partial charge in [-0.3, -0.25) is 0 Å². The van der Waals surface area contributed by atoms with Gasteiger partial charge in [-0.25, -0.2) is 4.39 Å². The Hall–Kier alpha value is -0.660. The highest BCUT2D eigenvalue weighted by atomic mass is 79.9. The molecular formula is C10H10BrF4NO. The van der Waals surface area contributed by atoms with E-state index in [0.717, 1.165) is 0 Å². The predicted octanol–water partition coefficient (Wildman–Crippen LogP) is 3.17. The first-order chi connectivity index (χ1) is 7.79. The molecular weight excluding hydrogens is 306 g/mol. The van der Waals surface area contributed by atoms with Crippen molar-refractivity contribution < 1.29 is 22.3 Å². The first kappa shape index (κ1) is 14.4. The van der Waals surface area contributed by atoms with Crippen molar-refractivity contribution in [3.05, 3.63) is 34.1 Å². The van der Waals surface area contributed by atoms with E-state index in [0.29, 0.717) is 4.47 Å². The van der Waals surface area contributed by atoms with Gasteiger partial charge < -0.3 is 10.5 Å². The van der Waals surface area contributed by atoms with Gasteiger partial charge in [0, 0.05) is 10.0 Å². The van der Waals surface area contributed by atoms with Crippen LogP contribution >= 0.6 is 15.9 Å². The van der Waals surface area contributed by atoms with Crippen molar-refractivity contribution in [3.8, 4) is 0 Å².